The van der Waals surface area contributed by atoms with Crippen molar-refractivity contribution in [2.45, 2.75) is 69.7 Å². The highest BCUT2D eigenvalue weighted by Gasteiger charge is 2.37. The van der Waals surface area contributed by atoms with E-state index < -0.39 is 0 Å². The molecule has 0 aromatic heterocycles. The first-order chi connectivity index (χ1) is 9.84. The van der Waals surface area contributed by atoms with E-state index in [4.69, 9.17) is 0 Å². The van der Waals surface area contributed by atoms with Gasteiger partial charge in [-0.05, 0) is 56.2 Å². The molecule has 0 spiro atoms. The molecule has 1 saturated carbocycles. The van der Waals surface area contributed by atoms with Crippen LogP contribution in [0.2, 0.25) is 0 Å². The van der Waals surface area contributed by atoms with Crippen LogP contribution < -0.4 is 0 Å². The quantitative estimate of drug-likeness (QED) is 0.763. The summed E-state index contributed by atoms with van der Waals surface area (Å²) in [6.07, 6.45) is 11.2. The second-order valence-electron chi connectivity index (χ2n) is 6.87. The number of rotatable bonds is 4. The summed E-state index contributed by atoms with van der Waals surface area (Å²) in [5, 5.41) is 0. The number of benzene rings is 1. The summed E-state index contributed by atoms with van der Waals surface area (Å²) >= 11 is 0. The van der Waals surface area contributed by atoms with Crippen molar-refractivity contribution in [2.24, 2.45) is 0 Å². The molecule has 110 valence electrons. The smallest absolute Gasteiger partial charge is 0.00952 e. The maximum Gasteiger partial charge on any atom is 0.00952 e. The Bertz CT molecular complexity index is 397. The third kappa shape index (κ3) is 2.79. The Labute approximate surface area is 124 Å². The molecule has 1 aromatic rings. The number of piperidine rings is 1. The Morgan fingerprint density at radius 3 is 2.30 bits per heavy atom. The highest BCUT2D eigenvalue weighted by Crippen LogP contribution is 2.41. The second kappa shape index (κ2) is 6.30. The Balaban J connectivity index is 1.71. The maximum atomic E-state index is 2.80. The zero-order valence-electron chi connectivity index (χ0n) is 13.0. The summed E-state index contributed by atoms with van der Waals surface area (Å²) in [7, 11) is 0. The third-order valence-electron chi connectivity index (χ3n) is 5.71. The minimum Gasteiger partial charge on any atom is -0.300 e. The van der Waals surface area contributed by atoms with Crippen LogP contribution in [0, 0.1) is 0 Å². The Morgan fingerprint density at radius 1 is 1.05 bits per heavy atom. The second-order valence-corrected chi connectivity index (χ2v) is 6.87. The number of likely N-dealkylation sites (tertiary alicyclic amines) is 1. The van der Waals surface area contributed by atoms with Crippen molar-refractivity contribution >= 4 is 0 Å². The van der Waals surface area contributed by atoms with Gasteiger partial charge in [-0.25, -0.2) is 0 Å². The molecule has 1 aliphatic carbocycles. The SMILES string of the molecule is CCCC1(c2ccccc2)CCN(C2CCCC2)CC1. The van der Waals surface area contributed by atoms with Gasteiger partial charge in [0, 0.05) is 6.04 Å². The first-order valence-electron chi connectivity index (χ1n) is 8.64. The van der Waals surface area contributed by atoms with Crippen LogP contribution in [-0.2, 0) is 5.41 Å². The van der Waals surface area contributed by atoms with Gasteiger partial charge in [0.25, 0.3) is 0 Å². The monoisotopic (exact) mass is 271 g/mol. The molecule has 0 atom stereocenters. The molecule has 0 radical (unpaired) electrons. The Hall–Kier alpha value is -0.820. The van der Waals surface area contributed by atoms with Crippen LogP contribution in [0.15, 0.2) is 30.3 Å². The lowest BCUT2D eigenvalue weighted by Crippen LogP contribution is -2.46. The van der Waals surface area contributed by atoms with E-state index in [2.05, 4.69) is 42.2 Å². The van der Waals surface area contributed by atoms with Crippen molar-refractivity contribution in [3.05, 3.63) is 35.9 Å². The third-order valence-corrected chi connectivity index (χ3v) is 5.71. The van der Waals surface area contributed by atoms with Gasteiger partial charge >= 0.3 is 0 Å². The summed E-state index contributed by atoms with van der Waals surface area (Å²) in [5.74, 6) is 0. The van der Waals surface area contributed by atoms with Crippen molar-refractivity contribution < 1.29 is 0 Å². The molecule has 1 nitrogen and oxygen atoms in total. The molecule has 1 saturated heterocycles. The van der Waals surface area contributed by atoms with Gasteiger partial charge in [0.05, 0.1) is 0 Å². The van der Waals surface area contributed by atoms with E-state index >= 15 is 0 Å². The number of hydrogen-bond donors (Lipinski definition) is 0. The van der Waals surface area contributed by atoms with Gasteiger partial charge in [0.15, 0.2) is 0 Å². The Kier molecular flexibility index (Phi) is 4.45. The molecule has 1 heterocycles. The van der Waals surface area contributed by atoms with Crippen LogP contribution in [0.1, 0.15) is 63.9 Å². The molecule has 0 amide bonds. The van der Waals surface area contributed by atoms with E-state index in [-0.39, 0.29) is 0 Å². The molecular formula is C19H29N. The molecule has 0 N–H and O–H groups in total. The molecule has 1 aromatic carbocycles. The van der Waals surface area contributed by atoms with Gasteiger partial charge in [-0.1, -0.05) is 56.5 Å². The van der Waals surface area contributed by atoms with Gasteiger partial charge in [-0.3, -0.25) is 0 Å². The van der Waals surface area contributed by atoms with E-state index in [0.717, 1.165) is 6.04 Å². The number of nitrogens with zero attached hydrogens (tertiary/aromatic N) is 1. The van der Waals surface area contributed by atoms with Crippen LogP contribution >= 0.6 is 0 Å². The highest BCUT2D eigenvalue weighted by molar-refractivity contribution is 5.26. The normalized spacial score (nSPS) is 24.1. The summed E-state index contributed by atoms with van der Waals surface area (Å²) in [6, 6.07) is 12.2. The van der Waals surface area contributed by atoms with E-state index in [1.807, 2.05) is 0 Å². The van der Waals surface area contributed by atoms with Crippen molar-refractivity contribution in [3.8, 4) is 0 Å². The minimum absolute atomic E-state index is 0.463. The van der Waals surface area contributed by atoms with Gasteiger partial charge in [-0.15, -0.1) is 0 Å². The fraction of sp³-hybridized carbons (Fsp3) is 0.684. The molecule has 2 aliphatic rings. The van der Waals surface area contributed by atoms with E-state index in [1.165, 1.54) is 64.5 Å². The summed E-state index contributed by atoms with van der Waals surface area (Å²) < 4.78 is 0. The molecular weight excluding hydrogens is 242 g/mol. The molecule has 0 bridgehead atoms. The lowest BCUT2D eigenvalue weighted by atomic mass is 9.69. The highest BCUT2D eigenvalue weighted by atomic mass is 15.2. The molecule has 3 rings (SSSR count). The largest absolute Gasteiger partial charge is 0.300 e. The molecule has 20 heavy (non-hydrogen) atoms. The lowest BCUT2D eigenvalue weighted by Gasteiger charge is -2.44. The van der Waals surface area contributed by atoms with Crippen molar-refractivity contribution in [1.82, 2.24) is 4.90 Å². The van der Waals surface area contributed by atoms with E-state index in [1.54, 1.807) is 5.56 Å². The maximum absolute atomic E-state index is 2.80. The predicted molar refractivity (Wildman–Crippen MR) is 86.1 cm³/mol. The topological polar surface area (TPSA) is 3.24 Å². The van der Waals surface area contributed by atoms with E-state index in [9.17, 15) is 0 Å². The zero-order chi connectivity index (χ0) is 13.8. The van der Waals surface area contributed by atoms with Crippen molar-refractivity contribution in [2.75, 3.05) is 13.1 Å². The van der Waals surface area contributed by atoms with Crippen LogP contribution in [0.25, 0.3) is 0 Å². The zero-order valence-corrected chi connectivity index (χ0v) is 13.0. The van der Waals surface area contributed by atoms with Crippen LogP contribution in [0.3, 0.4) is 0 Å². The average molecular weight is 271 g/mol. The summed E-state index contributed by atoms with van der Waals surface area (Å²) in [5.41, 5.74) is 2.05. The fourth-order valence-corrected chi connectivity index (χ4v) is 4.54. The van der Waals surface area contributed by atoms with E-state index in [0.29, 0.717) is 5.41 Å². The molecule has 0 unspecified atom stereocenters. The molecule has 2 fully saturated rings. The fourth-order valence-electron chi connectivity index (χ4n) is 4.54. The standard InChI is InChI=1S/C19H29N/c1-2-12-19(17-8-4-3-5-9-17)13-15-20(16-14-19)18-10-6-7-11-18/h3-5,8-9,18H,2,6-7,10-16H2,1H3. The van der Waals surface area contributed by atoms with Gasteiger partial charge in [0.2, 0.25) is 0 Å². The van der Waals surface area contributed by atoms with Gasteiger partial charge in [0.1, 0.15) is 0 Å². The number of hydrogen-bond acceptors (Lipinski definition) is 1. The summed E-state index contributed by atoms with van der Waals surface area (Å²) in [4.78, 5) is 2.80. The van der Waals surface area contributed by atoms with Crippen molar-refractivity contribution in [3.63, 3.8) is 0 Å². The van der Waals surface area contributed by atoms with Crippen LogP contribution in [0.4, 0.5) is 0 Å². The van der Waals surface area contributed by atoms with Crippen LogP contribution in [-0.4, -0.2) is 24.0 Å². The summed E-state index contributed by atoms with van der Waals surface area (Å²) in [6.45, 7) is 4.98. The molecule has 1 heteroatoms. The first kappa shape index (κ1) is 14.1. The first-order valence-corrected chi connectivity index (χ1v) is 8.64. The minimum atomic E-state index is 0.463. The van der Waals surface area contributed by atoms with Crippen molar-refractivity contribution in [1.29, 1.82) is 0 Å². The van der Waals surface area contributed by atoms with Crippen LogP contribution in [0.5, 0.6) is 0 Å². The van der Waals surface area contributed by atoms with Gasteiger partial charge < -0.3 is 4.90 Å². The lowest BCUT2D eigenvalue weighted by molar-refractivity contribution is 0.111. The van der Waals surface area contributed by atoms with Gasteiger partial charge in [-0.2, -0.15) is 0 Å². The molecule has 1 aliphatic heterocycles. The predicted octanol–water partition coefficient (Wildman–Crippen LogP) is 4.76. The Morgan fingerprint density at radius 2 is 1.70 bits per heavy atom. The average Bonchev–Trinajstić information content (AvgIpc) is 3.03.